The number of β-amino-alcohol motifs (C(OH)–C–C–N with tert-alkyl or cyclic N) is 1. The zero-order valence-corrected chi connectivity index (χ0v) is 14.3. The lowest BCUT2D eigenvalue weighted by molar-refractivity contribution is -0.133. The highest BCUT2D eigenvalue weighted by Gasteiger charge is 2.36. The first-order valence-corrected chi connectivity index (χ1v) is 8.65. The molecule has 2 aliphatic rings. The molecule has 6 heteroatoms. The Bertz CT molecular complexity index is 636. The summed E-state index contributed by atoms with van der Waals surface area (Å²) in [6.07, 6.45) is 2.46. The van der Waals surface area contributed by atoms with Gasteiger partial charge in [-0.25, -0.2) is 4.79 Å². The van der Waals surface area contributed by atoms with E-state index >= 15 is 0 Å². The van der Waals surface area contributed by atoms with E-state index in [0.717, 1.165) is 12.8 Å². The third kappa shape index (κ3) is 4.02. The minimum atomic E-state index is -0.776. The van der Waals surface area contributed by atoms with Gasteiger partial charge in [0.15, 0.2) is 0 Å². The van der Waals surface area contributed by atoms with E-state index in [-0.39, 0.29) is 38.2 Å². The van der Waals surface area contributed by atoms with Crippen LogP contribution in [0.1, 0.15) is 17.5 Å². The monoisotopic (exact) mass is 344 g/mol. The lowest BCUT2D eigenvalue weighted by atomic mass is 10.1. The molecule has 1 atom stereocenters. The number of hydrogen-bond donors (Lipinski definition) is 1. The Balaban J connectivity index is 1.65. The van der Waals surface area contributed by atoms with Crippen LogP contribution in [0.4, 0.5) is 4.79 Å². The van der Waals surface area contributed by atoms with Gasteiger partial charge in [-0.2, -0.15) is 0 Å². The molecule has 0 aromatic heterocycles. The van der Waals surface area contributed by atoms with Gasteiger partial charge in [-0.1, -0.05) is 30.3 Å². The number of aliphatic hydroxyl groups is 1. The Morgan fingerprint density at radius 1 is 1.28 bits per heavy atom. The number of benzene rings is 1. The van der Waals surface area contributed by atoms with Crippen LogP contribution in [0.5, 0.6) is 0 Å². The van der Waals surface area contributed by atoms with Crippen LogP contribution in [0.15, 0.2) is 36.9 Å². The van der Waals surface area contributed by atoms with Gasteiger partial charge in [-0.15, -0.1) is 6.58 Å². The maximum Gasteiger partial charge on any atom is 0.410 e. The molecule has 1 aliphatic carbocycles. The Labute approximate surface area is 147 Å². The molecule has 1 aromatic carbocycles. The normalized spacial score (nSPS) is 21.0. The van der Waals surface area contributed by atoms with Crippen molar-refractivity contribution in [1.82, 2.24) is 9.80 Å². The van der Waals surface area contributed by atoms with Crippen molar-refractivity contribution in [2.45, 2.75) is 31.4 Å². The lowest BCUT2D eigenvalue weighted by Crippen LogP contribution is -2.45. The zero-order chi connectivity index (χ0) is 17.8. The molecular weight excluding hydrogens is 320 g/mol. The van der Waals surface area contributed by atoms with Gasteiger partial charge in [0.1, 0.15) is 6.54 Å². The molecule has 3 rings (SSSR count). The summed E-state index contributed by atoms with van der Waals surface area (Å²) < 4.78 is 5.12. The van der Waals surface area contributed by atoms with Gasteiger partial charge in [0, 0.05) is 12.6 Å². The maximum absolute atomic E-state index is 12.7. The molecule has 2 amide bonds. The first-order valence-electron chi connectivity index (χ1n) is 8.65. The molecule has 1 fully saturated rings. The summed E-state index contributed by atoms with van der Waals surface area (Å²) in [5.41, 5.74) is 2.50. The maximum atomic E-state index is 12.7. The number of fused-ring (bicyclic) bond motifs is 1. The fourth-order valence-electron chi connectivity index (χ4n) is 3.53. The fourth-order valence-corrected chi connectivity index (χ4v) is 3.53. The Hall–Kier alpha value is -2.34. The number of nitrogens with zero attached hydrogens (tertiary/aromatic N) is 2. The zero-order valence-electron chi connectivity index (χ0n) is 14.3. The molecule has 1 N–H and O–H groups in total. The van der Waals surface area contributed by atoms with Gasteiger partial charge in [0.25, 0.3) is 0 Å². The smallest absolute Gasteiger partial charge is 0.410 e. The largest absolute Gasteiger partial charge is 0.449 e. The molecule has 1 heterocycles. The predicted molar refractivity (Wildman–Crippen MR) is 93.1 cm³/mol. The van der Waals surface area contributed by atoms with Crippen molar-refractivity contribution in [2.24, 2.45) is 0 Å². The molecule has 25 heavy (non-hydrogen) atoms. The molecular formula is C19H24N2O4. The van der Waals surface area contributed by atoms with E-state index in [1.54, 1.807) is 11.0 Å². The SMILES string of the molecule is C=CCCOC(=O)N1CC(=O)N(C2Cc3ccccc3C2)CC(O)C1. The first-order chi connectivity index (χ1) is 12.1. The van der Waals surface area contributed by atoms with Crippen LogP contribution in [-0.4, -0.2) is 65.3 Å². The van der Waals surface area contributed by atoms with Crippen LogP contribution >= 0.6 is 0 Å². The second-order valence-corrected chi connectivity index (χ2v) is 6.60. The third-order valence-electron chi connectivity index (χ3n) is 4.76. The highest BCUT2D eigenvalue weighted by atomic mass is 16.6. The first kappa shape index (κ1) is 17.5. The Kier molecular flexibility index (Phi) is 5.38. The van der Waals surface area contributed by atoms with Gasteiger partial charge in [-0.3, -0.25) is 9.69 Å². The average Bonchev–Trinajstić information content (AvgIpc) is 2.96. The van der Waals surface area contributed by atoms with E-state index in [4.69, 9.17) is 4.74 Å². The van der Waals surface area contributed by atoms with Gasteiger partial charge >= 0.3 is 6.09 Å². The van der Waals surface area contributed by atoms with E-state index in [1.807, 2.05) is 12.1 Å². The number of rotatable bonds is 4. The number of amides is 2. The molecule has 1 unspecified atom stereocenters. The molecule has 0 saturated carbocycles. The molecule has 6 nitrogen and oxygen atoms in total. The standard InChI is InChI=1S/C19H24N2O4/c1-2-3-8-25-19(24)20-11-17(22)12-21(18(23)13-20)16-9-14-6-4-5-7-15(14)10-16/h2,4-7,16-17,22H,1,3,8-13H2. The minimum absolute atomic E-state index is 0.0382. The topological polar surface area (TPSA) is 70.1 Å². The van der Waals surface area contributed by atoms with Crippen LogP contribution in [-0.2, 0) is 22.4 Å². The summed E-state index contributed by atoms with van der Waals surface area (Å²) >= 11 is 0. The average molecular weight is 344 g/mol. The minimum Gasteiger partial charge on any atom is -0.449 e. The van der Waals surface area contributed by atoms with Crippen molar-refractivity contribution in [3.8, 4) is 0 Å². The van der Waals surface area contributed by atoms with Crippen LogP contribution in [0.3, 0.4) is 0 Å². The number of ether oxygens (including phenoxy) is 1. The van der Waals surface area contributed by atoms with E-state index < -0.39 is 12.2 Å². The Morgan fingerprint density at radius 3 is 2.60 bits per heavy atom. The molecule has 0 radical (unpaired) electrons. The van der Waals surface area contributed by atoms with Crippen molar-refractivity contribution >= 4 is 12.0 Å². The number of hydrogen-bond acceptors (Lipinski definition) is 4. The van der Waals surface area contributed by atoms with E-state index in [2.05, 4.69) is 18.7 Å². The number of carbonyl (C=O) groups is 2. The van der Waals surface area contributed by atoms with Gasteiger partial charge in [0.05, 0.1) is 19.3 Å². The Morgan fingerprint density at radius 2 is 1.96 bits per heavy atom. The van der Waals surface area contributed by atoms with Gasteiger partial charge in [-0.05, 0) is 30.4 Å². The van der Waals surface area contributed by atoms with Crippen LogP contribution in [0, 0.1) is 0 Å². The van der Waals surface area contributed by atoms with Crippen molar-refractivity contribution in [3.05, 3.63) is 48.0 Å². The van der Waals surface area contributed by atoms with E-state index in [9.17, 15) is 14.7 Å². The van der Waals surface area contributed by atoms with E-state index in [0.29, 0.717) is 6.42 Å². The van der Waals surface area contributed by atoms with Crippen LogP contribution in [0.25, 0.3) is 0 Å². The molecule has 0 bridgehead atoms. The summed E-state index contributed by atoms with van der Waals surface area (Å²) in [4.78, 5) is 27.8. The van der Waals surface area contributed by atoms with Crippen molar-refractivity contribution < 1.29 is 19.4 Å². The second kappa shape index (κ2) is 7.70. The summed E-state index contributed by atoms with van der Waals surface area (Å²) in [6.45, 7) is 4.09. The van der Waals surface area contributed by atoms with Crippen molar-refractivity contribution in [1.29, 1.82) is 0 Å². The van der Waals surface area contributed by atoms with Crippen molar-refractivity contribution in [2.75, 3.05) is 26.2 Å². The lowest BCUT2D eigenvalue weighted by Gasteiger charge is -2.28. The van der Waals surface area contributed by atoms with E-state index in [1.165, 1.54) is 16.0 Å². The van der Waals surface area contributed by atoms with Gasteiger partial charge in [0.2, 0.25) is 5.91 Å². The second-order valence-electron chi connectivity index (χ2n) is 6.60. The van der Waals surface area contributed by atoms with Crippen LogP contribution in [0.2, 0.25) is 0 Å². The summed E-state index contributed by atoms with van der Waals surface area (Å²) in [5, 5.41) is 10.3. The molecule has 1 aliphatic heterocycles. The fraction of sp³-hybridized carbons (Fsp3) is 0.474. The number of carbonyl (C=O) groups excluding carboxylic acids is 2. The highest BCUT2D eigenvalue weighted by molar-refractivity contribution is 5.83. The molecule has 1 aromatic rings. The quantitative estimate of drug-likeness (QED) is 0.662. The summed E-state index contributed by atoms with van der Waals surface area (Å²) in [7, 11) is 0. The van der Waals surface area contributed by atoms with Crippen LogP contribution < -0.4 is 0 Å². The predicted octanol–water partition coefficient (Wildman–Crippen LogP) is 1.37. The summed E-state index contributed by atoms with van der Waals surface area (Å²) in [5.74, 6) is -0.143. The molecule has 0 spiro atoms. The molecule has 1 saturated heterocycles. The summed E-state index contributed by atoms with van der Waals surface area (Å²) in [6, 6.07) is 8.20. The third-order valence-corrected chi connectivity index (χ3v) is 4.76. The highest BCUT2D eigenvalue weighted by Crippen LogP contribution is 2.26. The van der Waals surface area contributed by atoms with Crippen molar-refractivity contribution in [3.63, 3.8) is 0 Å². The molecule has 134 valence electrons. The van der Waals surface area contributed by atoms with Gasteiger partial charge < -0.3 is 14.7 Å². The number of aliphatic hydroxyl groups excluding tert-OH is 1.